The summed E-state index contributed by atoms with van der Waals surface area (Å²) in [7, 11) is -4.10. The first-order valence-electron chi connectivity index (χ1n) is 5.46. The number of sulfone groups is 1. The highest BCUT2D eigenvalue weighted by atomic mass is 32.2. The summed E-state index contributed by atoms with van der Waals surface area (Å²) >= 11 is 0. The summed E-state index contributed by atoms with van der Waals surface area (Å²) in [5.41, 5.74) is 0. The molecular weight excluding hydrogens is 268 g/mol. The van der Waals surface area contributed by atoms with Crippen LogP contribution in [0.3, 0.4) is 0 Å². The van der Waals surface area contributed by atoms with Gasteiger partial charge in [0.05, 0.1) is 4.90 Å². The van der Waals surface area contributed by atoms with Gasteiger partial charge in [0.15, 0.2) is 4.98 Å². The van der Waals surface area contributed by atoms with Crippen LogP contribution >= 0.6 is 0 Å². The number of allylic oxidation sites excluding steroid dienone is 1. The zero-order valence-electron chi connectivity index (χ0n) is 10.3. The maximum Gasteiger partial charge on any atom is 0.515 e. The number of ketones is 1. The van der Waals surface area contributed by atoms with Crippen LogP contribution in [0.1, 0.15) is 19.8 Å². The molecule has 0 saturated carbocycles. The predicted molar refractivity (Wildman–Crippen MR) is 68.3 cm³/mol. The molecule has 1 rings (SSSR count). The summed E-state index contributed by atoms with van der Waals surface area (Å²) in [6.07, 6.45) is -0.226. The molecule has 0 saturated heterocycles. The summed E-state index contributed by atoms with van der Waals surface area (Å²) in [5, 5.41) is 17.6. The number of hydrogen-bond donors (Lipinski definition) is 1. The van der Waals surface area contributed by atoms with Gasteiger partial charge in [0, 0.05) is 12.8 Å². The molecule has 1 aromatic rings. The van der Waals surface area contributed by atoms with Crippen LogP contribution in [0.25, 0.3) is 4.98 Å². The fraction of sp³-hybridized carbons (Fsp3) is 0.250. The van der Waals surface area contributed by atoms with Gasteiger partial charge in [0.2, 0.25) is 11.2 Å². The van der Waals surface area contributed by atoms with Gasteiger partial charge in [0.1, 0.15) is 5.78 Å². The smallest absolute Gasteiger partial charge is 0.504 e. The van der Waals surface area contributed by atoms with Gasteiger partial charge in [-0.05, 0) is 19.1 Å². The Morgan fingerprint density at radius 3 is 2.32 bits per heavy atom. The molecule has 0 aliphatic heterocycles. The average Bonchev–Trinajstić information content (AvgIpc) is 2.38. The van der Waals surface area contributed by atoms with E-state index >= 15 is 0 Å². The Morgan fingerprint density at radius 2 is 1.84 bits per heavy atom. The van der Waals surface area contributed by atoms with E-state index in [0.717, 1.165) is 0 Å². The van der Waals surface area contributed by atoms with Crippen molar-refractivity contribution in [1.82, 2.24) is 0 Å². The lowest BCUT2D eigenvalue weighted by Gasteiger charge is -1.98. The number of aliphatic hydroxyl groups excluding tert-OH is 1. The van der Waals surface area contributed by atoms with E-state index in [1.165, 1.54) is 31.2 Å². The molecule has 1 aromatic carbocycles. The number of aliphatic hydroxyl groups is 1. The molecule has 0 spiro atoms. The maximum absolute atomic E-state index is 12.1. The quantitative estimate of drug-likeness (QED) is 0.660. The van der Waals surface area contributed by atoms with Gasteiger partial charge in [-0.2, -0.15) is 0 Å². The molecule has 0 atom stereocenters. The minimum Gasteiger partial charge on any atom is -0.504 e. The van der Waals surface area contributed by atoms with Crippen molar-refractivity contribution in [2.75, 3.05) is 0 Å². The predicted octanol–water partition coefficient (Wildman–Crippen LogP) is 2.41. The highest BCUT2D eigenvalue weighted by Gasteiger charge is 2.36. The lowest BCUT2D eigenvalue weighted by atomic mass is 10.2. The van der Waals surface area contributed by atoms with E-state index in [2.05, 4.69) is 4.98 Å². The highest BCUT2D eigenvalue weighted by molar-refractivity contribution is 7.95. The summed E-state index contributed by atoms with van der Waals surface area (Å²) in [4.78, 5) is 13.3. The van der Waals surface area contributed by atoms with Crippen LogP contribution in [0.4, 0.5) is 0 Å². The van der Waals surface area contributed by atoms with Crippen LogP contribution in [0.5, 0.6) is 0 Å². The van der Waals surface area contributed by atoms with Crippen molar-refractivity contribution in [1.29, 1.82) is 5.39 Å². The molecule has 19 heavy (non-hydrogen) atoms. The van der Waals surface area contributed by atoms with Crippen molar-refractivity contribution < 1.29 is 18.3 Å². The second-order valence-corrected chi connectivity index (χ2v) is 5.74. The monoisotopic (exact) mass is 281 g/mol. The third kappa shape index (κ3) is 3.63. The molecule has 0 aliphatic carbocycles. The number of carbonyl (C=O) groups is 1. The first kappa shape index (κ1) is 14.9. The first-order chi connectivity index (χ1) is 8.89. The van der Waals surface area contributed by atoms with Crippen LogP contribution in [0.15, 0.2) is 46.0 Å². The molecular formula is C12H13N2O4S+. The van der Waals surface area contributed by atoms with Crippen molar-refractivity contribution in [3.63, 3.8) is 0 Å². The molecule has 6 nitrogen and oxygen atoms in total. The molecule has 0 radical (unpaired) electrons. The number of nitrogens with zero attached hydrogens (tertiary/aromatic N) is 2. The van der Waals surface area contributed by atoms with Gasteiger partial charge in [0.25, 0.3) is 9.84 Å². The van der Waals surface area contributed by atoms with Gasteiger partial charge in [-0.3, -0.25) is 0 Å². The van der Waals surface area contributed by atoms with Gasteiger partial charge in [-0.25, -0.2) is 8.42 Å². The summed E-state index contributed by atoms with van der Waals surface area (Å²) in [6, 6.07) is 7.29. The number of diazo groups is 1. The molecule has 0 heterocycles. The van der Waals surface area contributed by atoms with E-state index in [1.54, 1.807) is 6.07 Å². The van der Waals surface area contributed by atoms with Gasteiger partial charge >= 0.3 is 5.03 Å². The normalized spacial score (nSPS) is 12.4. The molecule has 1 N–H and O–H groups in total. The second-order valence-electron chi connectivity index (χ2n) is 3.87. The number of Topliss-reactive ketones (excluding diaryl/α,β-unsaturated/α-hetero) is 1. The number of rotatable bonds is 5. The molecule has 0 fully saturated rings. The SMILES string of the molecule is CC(=O)CCC(O)=C([N+]#N)S(=O)(=O)c1ccccc1. The van der Waals surface area contributed by atoms with E-state index < -0.39 is 20.6 Å². The van der Waals surface area contributed by atoms with Gasteiger partial charge in [-0.1, -0.05) is 18.2 Å². The summed E-state index contributed by atoms with van der Waals surface area (Å²) in [5.74, 6) is -0.845. The Bertz CT molecular complexity index is 642. The van der Waals surface area contributed by atoms with Gasteiger partial charge in [-0.15, -0.1) is 0 Å². The van der Waals surface area contributed by atoms with E-state index in [1.807, 2.05) is 0 Å². The fourth-order valence-electron chi connectivity index (χ4n) is 1.38. The molecule has 0 aliphatic rings. The van der Waals surface area contributed by atoms with Crippen molar-refractivity contribution in [3.8, 4) is 0 Å². The molecule has 0 aromatic heterocycles. The second kappa shape index (κ2) is 6.11. The third-order valence-corrected chi connectivity index (χ3v) is 4.08. The lowest BCUT2D eigenvalue weighted by Crippen LogP contribution is -2.06. The largest absolute Gasteiger partial charge is 0.515 e. The number of benzene rings is 1. The van der Waals surface area contributed by atoms with Crippen LogP contribution in [-0.2, 0) is 14.6 Å². The Labute approximate surface area is 110 Å². The molecule has 0 bridgehead atoms. The van der Waals surface area contributed by atoms with Crippen molar-refractivity contribution in [2.45, 2.75) is 24.7 Å². The average molecular weight is 281 g/mol. The van der Waals surface area contributed by atoms with E-state index in [9.17, 15) is 18.3 Å². The van der Waals surface area contributed by atoms with Crippen LogP contribution in [0, 0.1) is 5.39 Å². The Morgan fingerprint density at radius 1 is 1.26 bits per heavy atom. The Balaban J connectivity index is 3.20. The zero-order chi connectivity index (χ0) is 14.5. The van der Waals surface area contributed by atoms with Crippen molar-refractivity contribution in [2.24, 2.45) is 0 Å². The van der Waals surface area contributed by atoms with Crippen molar-refractivity contribution >= 4 is 15.6 Å². The van der Waals surface area contributed by atoms with E-state index in [0.29, 0.717) is 0 Å². The summed E-state index contributed by atoms with van der Waals surface area (Å²) < 4.78 is 24.2. The molecule has 7 heteroatoms. The van der Waals surface area contributed by atoms with Crippen LogP contribution in [0.2, 0.25) is 0 Å². The maximum atomic E-state index is 12.1. The lowest BCUT2D eigenvalue weighted by molar-refractivity contribution is -0.117. The van der Waals surface area contributed by atoms with E-state index in [4.69, 9.17) is 5.39 Å². The zero-order valence-corrected chi connectivity index (χ0v) is 11.1. The molecule has 100 valence electrons. The van der Waals surface area contributed by atoms with Gasteiger partial charge < -0.3 is 9.90 Å². The minimum atomic E-state index is -4.10. The topological polar surface area (TPSA) is 99.6 Å². The summed E-state index contributed by atoms with van der Waals surface area (Å²) in [6.45, 7) is 1.31. The Hall–Kier alpha value is -2.20. The fourth-order valence-corrected chi connectivity index (χ4v) is 2.64. The molecule has 0 amide bonds. The van der Waals surface area contributed by atoms with Crippen molar-refractivity contribution in [3.05, 3.63) is 46.1 Å². The highest BCUT2D eigenvalue weighted by Crippen LogP contribution is 2.23. The standard InChI is InChI=1S/C12H12N2O4S/c1-9(15)7-8-11(16)12(14-13)19(17,18)10-5-3-2-4-6-10/h2-6H,7-8H2,1H3/p+1. The number of carbonyl (C=O) groups excluding carboxylic acids is 1. The van der Waals surface area contributed by atoms with Crippen LogP contribution in [-0.4, -0.2) is 19.3 Å². The molecule has 0 unspecified atom stereocenters. The Kier molecular flexibility index (Phi) is 4.78. The minimum absolute atomic E-state index is 0.0326. The van der Waals surface area contributed by atoms with Crippen LogP contribution < -0.4 is 0 Å². The first-order valence-corrected chi connectivity index (χ1v) is 6.94. The van der Waals surface area contributed by atoms with E-state index in [-0.39, 0.29) is 23.5 Å². The number of hydrogen-bond acceptors (Lipinski definition) is 5. The third-order valence-electron chi connectivity index (χ3n) is 2.36.